The van der Waals surface area contributed by atoms with Crippen LogP contribution in [0, 0.1) is 28.5 Å². The third-order valence-corrected chi connectivity index (χ3v) is 5.52. The third-order valence-electron chi connectivity index (χ3n) is 4.16. The summed E-state index contributed by atoms with van der Waals surface area (Å²) >= 11 is 0. The van der Waals surface area contributed by atoms with Gasteiger partial charge >= 0.3 is 6.18 Å². The first-order valence-corrected chi connectivity index (χ1v) is 10.5. The average molecular weight is 476 g/mol. The molecule has 1 N–H and O–H groups in total. The van der Waals surface area contributed by atoms with Crippen LogP contribution in [0.5, 0.6) is 11.5 Å². The Morgan fingerprint density at radius 1 is 1.00 bits per heavy atom. The zero-order valence-corrected chi connectivity index (χ0v) is 17.2. The Bertz CT molecular complexity index is 1380. The van der Waals surface area contributed by atoms with Crippen LogP contribution in [0.2, 0.25) is 0 Å². The molecular weight excluding hydrogens is 464 g/mol. The monoisotopic (exact) mass is 476 g/mol. The molecule has 0 atom stereocenters. The van der Waals surface area contributed by atoms with Gasteiger partial charge < -0.3 is 4.74 Å². The smallest absolute Gasteiger partial charge is 0.393 e. The number of anilines is 1. The van der Waals surface area contributed by atoms with Gasteiger partial charge in [-0.2, -0.15) is 23.7 Å². The number of nitrogens with zero attached hydrogens (tertiary/aromatic N) is 3. The zero-order valence-electron chi connectivity index (χ0n) is 16.4. The third kappa shape index (κ3) is 5.96. The summed E-state index contributed by atoms with van der Waals surface area (Å²) in [7, 11) is -4.19. The summed E-state index contributed by atoms with van der Waals surface area (Å²) in [5.41, 5.74) is -0.704. The lowest BCUT2D eigenvalue weighted by atomic mass is 10.0. The highest BCUT2D eigenvalue weighted by Gasteiger charge is 2.29. The molecule has 0 radical (unpaired) electrons. The molecule has 0 unspecified atom stereocenters. The Kier molecular flexibility index (Phi) is 6.51. The van der Waals surface area contributed by atoms with Crippen molar-refractivity contribution < 1.29 is 30.7 Å². The Hall–Kier alpha value is -4.16. The van der Waals surface area contributed by atoms with Gasteiger partial charge in [0.2, 0.25) is 0 Å². The highest BCUT2D eigenvalue weighted by atomic mass is 32.2. The topological polar surface area (TPSA) is 116 Å². The predicted octanol–water partition coefficient (Wildman–Crippen LogP) is 4.66. The first kappa shape index (κ1) is 23.5. The van der Waals surface area contributed by atoms with Gasteiger partial charge in [-0.25, -0.2) is 17.8 Å². The number of benzene rings is 2. The number of aromatic nitrogens is 1. The van der Waals surface area contributed by atoms with Gasteiger partial charge in [0.15, 0.2) is 0 Å². The lowest BCUT2D eigenvalue weighted by Gasteiger charge is -2.13. The molecule has 168 valence electrons. The van der Waals surface area contributed by atoms with Gasteiger partial charge in [0.05, 0.1) is 34.7 Å². The van der Waals surface area contributed by atoms with Crippen LogP contribution in [0.4, 0.5) is 23.4 Å². The van der Waals surface area contributed by atoms with Crippen molar-refractivity contribution >= 4 is 15.8 Å². The summed E-state index contributed by atoms with van der Waals surface area (Å²) in [4.78, 5) is 3.27. The maximum absolute atomic E-state index is 13.0. The van der Waals surface area contributed by atoms with Crippen molar-refractivity contribution in [3.63, 3.8) is 0 Å². The van der Waals surface area contributed by atoms with E-state index in [1.165, 1.54) is 6.07 Å². The van der Waals surface area contributed by atoms with Crippen molar-refractivity contribution in [3.05, 3.63) is 77.2 Å². The fraction of sp³-hybridized carbons (Fsp3) is 0.0952. The van der Waals surface area contributed by atoms with Crippen molar-refractivity contribution in [2.24, 2.45) is 0 Å². The van der Waals surface area contributed by atoms with E-state index < -0.39 is 28.4 Å². The predicted molar refractivity (Wildman–Crippen MR) is 107 cm³/mol. The number of halogens is 4. The number of nitrogens with one attached hydrogen (secondary N) is 1. The summed E-state index contributed by atoms with van der Waals surface area (Å²) in [5.74, 6) is -0.995. The number of hydrogen-bond acceptors (Lipinski definition) is 6. The van der Waals surface area contributed by atoms with Gasteiger partial charge in [0.25, 0.3) is 10.0 Å². The lowest BCUT2D eigenvalue weighted by molar-refractivity contribution is -0.127. The van der Waals surface area contributed by atoms with Gasteiger partial charge in [-0.05, 0) is 54.1 Å². The van der Waals surface area contributed by atoms with E-state index in [4.69, 9.17) is 10.00 Å². The number of nitriles is 2. The molecule has 0 saturated heterocycles. The second kappa shape index (κ2) is 9.14. The maximum Gasteiger partial charge on any atom is 0.393 e. The number of ether oxygens (including phenoxy) is 1. The second-order valence-electron chi connectivity index (χ2n) is 6.56. The van der Waals surface area contributed by atoms with E-state index in [0.29, 0.717) is 0 Å². The maximum atomic E-state index is 13.0. The van der Waals surface area contributed by atoms with Gasteiger partial charge in [0.1, 0.15) is 29.2 Å². The summed E-state index contributed by atoms with van der Waals surface area (Å²) in [6, 6.07) is 12.3. The molecule has 0 spiro atoms. The van der Waals surface area contributed by atoms with Crippen molar-refractivity contribution in [1.82, 2.24) is 4.98 Å². The van der Waals surface area contributed by atoms with E-state index in [9.17, 15) is 31.2 Å². The van der Waals surface area contributed by atoms with Crippen LogP contribution >= 0.6 is 0 Å². The first-order chi connectivity index (χ1) is 15.5. The summed E-state index contributed by atoms with van der Waals surface area (Å²) in [5, 5.41) is 18.4. The quantitative estimate of drug-likeness (QED) is 0.517. The molecule has 0 bridgehead atoms. The number of sulfonamides is 1. The summed E-state index contributed by atoms with van der Waals surface area (Å²) < 4.78 is 84.0. The van der Waals surface area contributed by atoms with E-state index in [-0.39, 0.29) is 38.9 Å². The normalized spacial score (nSPS) is 11.3. The minimum atomic E-state index is -4.55. The van der Waals surface area contributed by atoms with Crippen LogP contribution in [-0.2, 0) is 16.4 Å². The zero-order chi connectivity index (χ0) is 24.2. The molecule has 0 aliphatic carbocycles. The molecule has 0 fully saturated rings. The highest BCUT2D eigenvalue weighted by molar-refractivity contribution is 7.92. The molecule has 0 aliphatic heterocycles. The minimum Gasteiger partial charge on any atom is -0.456 e. The molecular formula is C21H12F4N4O3S. The molecule has 7 nitrogen and oxygen atoms in total. The molecule has 3 aromatic rings. The van der Waals surface area contributed by atoms with Crippen molar-refractivity contribution in [2.75, 3.05) is 4.72 Å². The Morgan fingerprint density at radius 3 is 2.33 bits per heavy atom. The van der Waals surface area contributed by atoms with Gasteiger partial charge in [-0.1, -0.05) is 0 Å². The number of hydrogen-bond donors (Lipinski definition) is 1. The van der Waals surface area contributed by atoms with E-state index in [0.717, 1.165) is 48.7 Å². The molecule has 3 rings (SSSR count). The SMILES string of the molecule is N#Cc1ccc(Oc2ccc(S(=O)(=O)Nc3ccc(F)cn3)cc2C#N)cc1CC(F)(F)F. The van der Waals surface area contributed by atoms with Gasteiger partial charge in [-0.15, -0.1) is 0 Å². The Labute approximate surface area is 185 Å². The van der Waals surface area contributed by atoms with Crippen LogP contribution in [0.1, 0.15) is 16.7 Å². The second-order valence-corrected chi connectivity index (χ2v) is 8.24. The molecule has 0 saturated carbocycles. The standard InChI is InChI=1S/C21H12F4N4O3S/c22-16-2-6-20(28-12-16)29-33(30,31)18-4-5-19(15(8-18)11-27)32-17-3-1-13(10-26)14(7-17)9-21(23,24)25/h1-8,12H,9H2,(H,28,29). The molecule has 1 heterocycles. The minimum absolute atomic E-state index is 0.0750. The molecule has 12 heteroatoms. The number of rotatable bonds is 6. The highest BCUT2D eigenvalue weighted by Crippen LogP contribution is 2.31. The van der Waals surface area contributed by atoms with Crippen LogP contribution in [0.25, 0.3) is 0 Å². The van der Waals surface area contributed by atoms with Crippen molar-refractivity contribution in [1.29, 1.82) is 10.5 Å². The van der Waals surface area contributed by atoms with E-state index in [1.54, 1.807) is 12.1 Å². The molecule has 2 aromatic carbocycles. The lowest BCUT2D eigenvalue weighted by Crippen LogP contribution is -2.14. The Morgan fingerprint density at radius 2 is 1.73 bits per heavy atom. The largest absolute Gasteiger partial charge is 0.456 e. The molecule has 0 aliphatic rings. The molecule has 0 amide bonds. The van der Waals surface area contributed by atoms with E-state index in [1.807, 2.05) is 0 Å². The fourth-order valence-electron chi connectivity index (χ4n) is 2.72. The summed E-state index contributed by atoms with van der Waals surface area (Å²) in [6.45, 7) is 0. The van der Waals surface area contributed by atoms with Crippen LogP contribution in [0.15, 0.2) is 59.6 Å². The van der Waals surface area contributed by atoms with Crippen molar-refractivity contribution in [2.45, 2.75) is 17.5 Å². The van der Waals surface area contributed by atoms with Crippen LogP contribution < -0.4 is 9.46 Å². The van der Waals surface area contributed by atoms with Crippen LogP contribution in [0.3, 0.4) is 0 Å². The summed E-state index contributed by atoms with van der Waals surface area (Å²) in [6.07, 6.45) is -5.08. The van der Waals surface area contributed by atoms with Gasteiger partial charge in [0, 0.05) is 0 Å². The van der Waals surface area contributed by atoms with E-state index >= 15 is 0 Å². The van der Waals surface area contributed by atoms with E-state index in [2.05, 4.69) is 9.71 Å². The number of alkyl halides is 3. The number of pyridine rings is 1. The fourth-order valence-corrected chi connectivity index (χ4v) is 3.75. The first-order valence-electron chi connectivity index (χ1n) is 8.97. The Balaban J connectivity index is 1.89. The molecule has 33 heavy (non-hydrogen) atoms. The van der Waals surface area contributed by atoms with Gasteiger partial charge in [-0.3, -0.25) is 4.72 Å². The van der Waals surface area contributed by atoms with Crippen molar-refractivity contribution in [3.8, 4) is 23.6 Å². The van der Waals surface area contributed by atoms with Crippen LogP contribution in [-0.4, -0.2) is 19.6 Å². The average Bonchev–Trinajstić information content (AvgIpc) is 2.74. The molecule has 1 aromatic heterocycles.